The molecule has 0 saturated carbocycles. The van der Waals surface area contributed by atoms with E-state index in [-0.39, 0.29) is 17.6 Å². The molecule has 0 spiro atoms. The number of carbonyl (C=O) groups is 1. The highest BCUT2D eigenvalue weighted by molar-refractivity contribution is 5.95. The molecule has 2 heterocycles. The number of piperidine rings is 1. The first kappa shape index (κ1) is 18.3. The van der Waals surface area contributed by atoms with Crippen LogP contribution >= 0.6 is 0 Å². The number of carbonyl (C=O) groups excluding carboxylic acids is 1. The number of anilines is 1. The van der Waals surface area contributed by atoms with E-state index in [0.717, 1.165) is 37.2 Å². The normalized spacial score (nSPS) is 14.5. The maximum absolute atomic E-state index is 13.0. The zero-order valence-electron chi connectivity index (χ0n) is 15.3. The number of aromatic nitrogens is 2. The van der Waals surface area contributed by atoms with Gasteiger partial charge in [-0.15, -0.1) is 0 Å². The van der Waals surface area contributed by atoms with Crippen LogP contribution in [0.15, 0.2) is 30.5 Å². The number of amides is 1. The lowest BCUT2D eigenvalue weighted by Crippen LogP contribution is -2.32. The third kappa shape index (κ3) is 4.36. The van der Waals surface area contributed by atoms with E-state index < -0.39 is 0 Å². The molecular weight excluding hydrogens is 331 g/mol. The molecule has 1 aromatic carbocycles. The third-order valence-corrected chi connectivity index (χ3v) is 4.60. The maximum atomic E-state index is 13.0. The third-order valence-electron chi connectivity index (χ3n) is 4.60. The molecule has 1 fully saturated rings. The second-order valence-corrected chi connectivity index (χ2v) is 6.98. The molecule has 1 aliphatic heterocycles. The second kappa shape index (κ2) is 8.25. The number of benzene rings is 1. The van der Waals surface area contributed by atoms with Crippen molar-refractivity contribution >= 4 is 11.9 Å². The zero-order valence-corrected chi connectivity index (χ0v) is 15.3. The second-order valence-electron chi connectivity index (χ2n) is 6.98. The van der Waals surface area contributed by atoms with Crippen molar-refractivity contribution in [3.8, 4) is 0 Å². The maximum Gasteiger partial charge on any atom is 0.254 e. The van der Waals surface area contributed by atoms with Crippen molar-refractivity contribution in [3.05, 3.63) is 53.1 Å². The molecule has 1 saturated heterocycles. The summed E-state index contributed by atoms with van der Waals surface area (Å²) >= 11 is 0. The van der Waals surface area contributed by atoms with E-state index in [1.165, 1.54) is 18.6 Å². The number of hydrogen-bond donors (Lipinski definition) is 1. The van der Waals surface area contributed by atoms with Crippen LogP contribution < -0.4 is 10.2 Å². The molecule has 6 heteroatoms. The van der Waals surface area contributed by atoms with Gasteiger partial charge in [-0.3, -0.25) is 4.79 Å². The highest BCUT2D eigenvalue weighted by atomic mass is 19.1. The standard InChI is InChI=1S/C20H25FN4O/c1-14(2)18-17(13-23-20(24-18)25-10-4-3-5-11-25)19(26)22-12-15-6-8-16(21)9-7-15/h6-9,13-14H,3-5,10-12H2,1-2H3,(H,22,26). The molecule has 0 unspecified atom stereocenters. The van der Waals surface area contributed by atoms with Crippen molar-refractivity contribution in [2.75, 3.05) is 18.0 Å². The van der Waals surface area contributed by atoms with Crippen LogP contribution in [-0.2, 0) is 6.54 Å². The minimum Gasteiger partial charge on any atom is -0.348 e. The van der Waals surface area contributed by atoms with Crippen molar-refractivity contribution in [3.63, 3.8) is 0 Å². The number of halogens is 1. The summed E-state index contributed by atoms with van der Waals surface area (Å²) < 4.78 is 13.0. The number of rotatable bonds is 5. The number of nitrogens with one attached hydrogen (secondary N) is 1. The first-order valence-electron chi connectivity index (χ1n) is 9.19. The Morgan fingerprint density at radius 3 is 2.54 bits per heavy atom. The predicted molar refractivity (Wildman–Crippen MR) is 99.8 cm³/mol. The number of hydrogen-bond acceptors (Lipinski definition) is 4. The Labute approximate surface area is 153 Å². The Kier molecular flexibility index (Phi) is 5.81. The Morgan fingerprint density at radius 1 is 1.19 bits per heavy atom. The predicted octanol–water partition coefficient (Wildman–Crippen LogP) is 3.66. The van der Waals surface area contributed by atoms with Crippen molar-refractivity contribution in [2.24, 2.45) is 0 Å². The summed E-state index contributed by atoms with van der Waals surface area (Å²) in [5.41, 5.74) is 2.11. The molecule has 0 radical (unpaired) electrons. The zero-order chi connectivity index (χ0) is 18.5. The molecular formula is C20H25FN4O. The average Bonchev–Trinajstić information content (AvgIpc) is 2.67. The molecule has 5 nitrogen and oxygen atoms in total. The summed E-state index contributed by atoms with van der Waals surface area (Å²) in [5.74, 6) is 0.337. The molecule has 1 amide bonds. The van der Waals surface area contributed by atoms with Crippen LogP contribution in [0, 0.1) is 5.82 Å². The van der Waals surface area contributed by atoms with Crippen LogP contribution in [-0.4, -0.2) is 29.0 Å². The van der Waals surface area contributed by atoms with Gasteiger partial charge in [-0.2, -0.15) is 0 Å². The summed E-state index contributed by atoms with van der Waals surface area (Å²) in [6.45, 7) is 6.32. The van der Waals surface area contributed by atoms with Crippen LogP contribution in [0.25, 0.3) is 0 Å². The van der Waals surface area contributed by atoms with E-state index in [0.29, 0.717) is 18.1 Å². The van der Waals surface area contributed by atoms with Crippen LogP contribution in [0.3, 0.4) is 0 Å². The van der Waals surface area contributed by atoms with E-state index >= 15 is 0 Å². The summed E-state index contributed by atoms with van der Waals surface area (Å²) in [4.78, 5) is 23.9. The van der Waals surface area contributed by atoms with Gasteiger partial charge >= 0.3 is 0 Å². The topological polar surface area (TPSA) is 58.1 Å². The summed E-state index contributed by atoms with van der Waals surface area (Å²) in [6, 6.07) is 6.10. The average molecular weight is 356 g/mol. The van der Waals surface area contributed by atoms with Crippen LogP contribution in [0.4, 0.5) is 10.3 Å². The molecule has 0 bridgehead atoms. The molecule has 0 aliphatic carbocycles. The molecule has 1 aromatic heterocycles. The summed E-state index contributed by atoms with van der Waals surface area (Å²) in [6.07, 6.45) is 5.18. The van der Waals surface area contributed by atoms with Gasteiger partial charge in [0.05, 0.1) is 11.3 Å². The fourth-order valence-electron chi connectivity index (χ4n) is 3.13. The van der Waals surface area contributed by atoms with E-state index in [2.05, 4.69) is 20.2 Å². The van der Waals surface area contributed by atoms with Gasteiger partial charge in [0.2, 0.25) is 5.95 Å². The first-order valence-corrected chi connectivity index (χ1v) is 9.19. The molecule has 138 valence electrons. The van der Waals surface area contributed by atoms with Crippen molar-refractivity contribution < 1.29 is 9.18 Å². The molecule has 3 rings (SSSR count). The van der Waals surface area contributed by atoms with E-state index in [1.807, 2.05) is 13.8 Å². The van der Waals surface area contributed by atoms with Gasteiger partial charge in [-0.25, -0.2) is 14.4 Å². The minimum atomic E-state index is -0.288. The Bertz CT molecular complexity index is 755. The lowest BCUT2D eigenvalue weighted by atomic mass is 10.0. The van der Waals surface area contributed by atoms with Crippen LogP contribution in [0.5, 0.6) is 0 Å². The highest BCUT2D eigenvalue weighted by Crippen LogP contribution is 2.22. The van der Waals surface area contributed by atoms with Gasteiger partial charge in [-0.1, -0.05) is 26.0 Å². The van der Waals surface area contributed by atoms with E-state index in [1.54, 1.807) is 18.3 Å². The van der Waals surface area contributed by atoms with Crippen LogP contribution in [0.1, 0.15) is 60.6 Å². The van der Waals surface area contributed by atoms with Crippen molar-refractivity contribution in [2.45, 2.75) is 45.6 Å². The Morgan fingerprint density at radius 2 is 1.88 bits per heavy atom. The van der Waals surface area contributed by atoms with Crippen LogP contribution in [0.2, 0.25) is 0 Å². The summed E-state index contributed by atoms with van der Waals surface area (Å²) in [5, 5.41) is 2.87. The smallest absolute Gasteiger partial charge is 0.254 e. The van der Waals surface area contributed by atoms with Crippen molar-refractivity contribution in [1.29, 1.82) is 0 Å². The van der Waals surface area contributed by atoms with Gasteiger partial charge in [-0.05, 0) is 42.9 Å². The minimum absolute atomic E-state index is 0.119. The first-order chi connectivity index (χ1) is 12.5. The fraction of sp³-hybridized carbons (Fsp3) is 0.450. The molecule has 1 aliphatic rings. The van der Waals surface area contributed by atoms with E-state index in [4.69, 9.17) is 0 Å². The molecule has 26 heavy (non-hydrogen) atoms. The largest absolute Gasteiger partial charge is 0.348 e. The molecule has 2 aromatic rings. The van der Waals surface area contributed by atoms with Gasteiger partial charge < -0.3 is 10.2 Å². The molecule has 1 N–H and O–H groups in total. The fourth-order valence-corrected chi connectivity index (χ4v) is 3.13. The number of nitrogens with zero attached hydrogens (tertiary/aromatic N) is 3. The monoisotopic (exact) mass is 356 g/mol. The van der Waals surface area contributed by atoms with Gasteiger partial charge in [0.1, 0.15) is 5.82 Å². The van der Waals surface area contributed by atoms with Gasteiger partial charge in [0.25, 0.3) is 5.91 Å². The van der Waals surface area contributed by atoms with E-state index in [9.17, 15) is 9.18 Å². The summed E-state index contributed by atoms with van der Waals surface area (Å²) in [7, 11) is 0. The highest BCUT2D eigenvalue weighted by Gasteiger charge is 2.20. The molecule has 0 atom stereocenters. The Balaban J connectivity index is 1.74. The quantitative estimate of drug-likeness (QED) is 0.888. The lowest BCUT2D eigenvalue weighted by Gasteiger charge is -2.27. The SMILES string of the molecule is CC(C)c1nc(N2CCCCC2)ncc1C(=O)NCc1ccc(F)cc1. The van der Waals surface area contributed by atoms with Crippen molar-refractivity contribution in [1.82, 2.24) is 15.3 Å². The lowest BCUT2D eigenvalue weighted by molar-refractivity contribution is 0.0948. The van der Waals surface area contributed by atoms with Gasteiger partial charge in [0.15, 0.2) is 0 Å². The van der Waals surface area contributed by atoms with Gasteiger partial charge in [0, 0.05) is 25.8 Å². The Hall–Kier alpha value is -2.50.